The number of rotatable bonds is 4. The molecule has 0 unspecified atom stereocenters. The van der Waals surface area contributed by atoms with Gasteiger partial charge in [0.1, 0.15) is 10.7 Å². The highest BCUT2D eigenvalue weighted by Gasteiger charge is 2.19. The molecule has 0 aliphatic carbocycles. The van der Waals surface area contributed by atoms with Gasteiger partial charge in [-0.3, -0.25) is 9.59 Å². The lowest BCUT2D eigenvalue weighted by Gasteiger charge is -2.13. The quantitative estimate of drug-likeness (QED) is 0.430. The molecule has 2 N–H and O–H groups in total. The number of thiol groups is 1. The number of Topliss-reactive ketones (excluding diaryl/α,β-unsaturated/α-hetero) is 1. The van der Waals surface area contributed by atoms with Crippen molar-refractivity contribution in [2.24, 2.45) is 0 Å². The molecule has 1 aromatic rings. The summed E-state index contributed by atoms with van der Waals surface area (Å²) in [6.07, 6.45) is 1.56. The Bertz CT molecular complexity index is 456. The molecular weight excluding hydrogens is 244 g/mol. The average Bonchev–Trinajstić information content (AvgIpc) is 2.24. The number of aromatic amines is 1. The van der Waals surface area contributed by atoms with Crippen LogP contribution in [0.2, 0.25) is 0 Å². The predicted molar refractivity (Wildman–Crippen MR) is 66.3 cm³/mol. The summed E-state index contributed by atoms with van der Waals surface area (Å²) in [6, 6.07) is 3.64. The van der Waals surface area contributed by atoms with Crippen LogP contribution in [0.4, 0.5) is 0 Å². The number of nitrogens with one attached hydrogen (secondary N) is 2. The van der Waals surface area contributed by atoms with Crippen LogP contribution in [0.5, 0.6) is 0 Å². The van der Waals surface area contributed by atoms with E-state index in [1.54, 1.807) is 12.3 Å². The third-order valence-corrected chi connectivity index (χ3v) is 2.44. The number of amides is 1. The molecule has 1 amide bonds. The smallest absolute Gasteiger partial charge is 0.217 e. The minimum Gasteiger partial charge on any atom is -0.352 e. The summed E-state index contributed by atoms with van der Waals surface area (Å²) in [5.41, 5.74) is 0.344. The van der Waals surface area contributed by atoms with Crippen molar-refractivity contribution < 1.29 is 9.59 Å². The fourth-order valence-corrected chi connectivity index (χ4v) is 1.61. The van der Waals surface area contributed by atoms with Gasteiger partial charge in [0.2, 0.25) is 5.91 Å². The fourth-order valence-electron chi connectivity index (χ4n) is 1.17. The Hall–Kier alpha value is -1.14. The number of aromatic nitrogens is 1. The second-order valence-corrected chi connectivity index (χ2v) is 3.92. The Balaban J connectivity index is 2.91. The fraction of sp³-hybridized carbons (Fsp3) is 0.300. The molecule has 16 heavy (non-hydrogen) atoms. The molecule has 85 valence electrons. The second-order valence-electron chi connectivity index (χ2n) is 3.15. The van der Waals surface area contributed by atoms with Crippen molar-refractivity contribution in [3.63, 3.8) is 0 Å². The first-order valence-corrected chi connectivity index (χ1v) is 5.62. The highest BCUT2D eigenvalue weighted by Crippen LogP contribution is 2.04. The summed E-state index contributed by atoms with van der Waals surface area (Å²) < 4.78 is 0.353. The van der Waals surface area contributed by atoms with Crippen LogP contribution in [0.15, 0.2) is 12.3 Å². The van der Waals surface area contributed by atoms with Gasteiger partial charge < -0.3 is 10.3 Å². The maximum Gasteiger partial charge on any atom is 0.217 e. The van der Waals surface area contributed by atoms with Crippen molar-refractivity contribution in [3.05, 3.63) is 28.5 Å². The van der Waals surface area contributed by atoms with Crippen LogP contribution in [-0.4, -0.2) is 28.5 Å². The van der Waals surface area contributed by atoms with E-state index in [1.165, 1.54) is 6.92 Å². The number of pyridine rings is 1. The summed E-state index contributed by atoms with van der Waals surface area (Å²) in [7, 11) is 0. The molecule has 4 nitrogen and oxygen atoms in total. The van der Waals surface area contributed by atoms with Crippen LogP contribution in [0.1, 0.15) is 17.3 Å². The largest absolute Gasteiger partial charge is 0.352 e. The van der Waals surface area contributed by atoms with Gasteiger partial charge in [-0.2, -0.15) is 12.6 Å². The maximum atomic E-state index is 11.9. The number of hydrogen-bond acceptors (Lipinski definition) is 4. The van der Waals surface area contributed by atoms with E-state index in [9.17, 15) is 9.59 Å². The number of H-pyrrole nitrogens is 1. The van der Waals surface area contributed by atoms with Gasteiger partial charge in [-0.15, -0.1) is 0 Å². The van der Waals surface area contributed by atoms with Crippen molar-refractivity contribution in [2.45, 2.75) is 13.0 Å². The Kier molecular flexibility index (Phi) is 4.70. The third kappa shape index (κ3) is 3.46. The Labute approximate surface area is 104 Å². The lowest BCUT2D eigenvalue weighted by molar-refractivity contribution is -0.119. The normalized spacial score (nSPS) is 11.9. The summed E-state index contributed by atoms with van der Waals surface area (Å²) in [5.74, 6) is -0.281. The first-order valence-electron chi connectivity index (χ1n) is 4.57. The lowest BCUT2D eigenvalue weighted by Crippen LogP contribution is -2.41. The van der Waals surface area contributed by atoms with Crippen molar-refractivity contribution in [3.8, 4) is 0 Å². The van der Waals surface area contributed by atoms with Crippen molar-refractivity contribution in [1.82, 2.24) is 10.3 Å². The van der Waals surface area contributed by atoms with Crippen molar-refractivity contribution in [1.29, 1.82) is 0 Å². The number of carbonyl (C=O) groups is 2. The van der Waals surface area contributed by atoms with E-state index in [4.69, 9.17) is 12.2 Å². The SMILES string of the molecule is CC(=O)N[C@@H](CS)C(=O)c1[c]c(=S)[nH]cc1. The molecule has 0 aliphatic heterocycles. The van der Waals surface area contributed by atoms with Gasteiger partial charge in [0, 0.05) is 30.5 Å². The molecule has 0 saturated carbocycles. The second kappa shape index (κ2) is 5.81. The van der Waals surface area contributed by atoms with E-state index >= 15 is 0 Å². The van der Waals surface area contributed by atoms with E-state index in [0.29, 0.717) is 10.2 Å². The van der Waals surface area contributed by atoms with Crippen molar-refractivity contribution in [2.75, 3.05) is 5.75 Å². The summed E-state index contributed by atoms with van der Waals surface area (Å²) >= 11 is 8.88. The molecule has 1 heterocycles. The minimum atomic E-state index is -0.645. The number of hydrogen-bond donors (Lipinski definition) is 3. The Morgan fingerprint density at radius 1 is 1.69 bits per heavy atom. The molecule has 0 fully saturated rings. The molecular formula is C10H11N2O2S2. The summed E-state index contributed by atoms with van der Waals surface area (Å²) in [5, 5.41) is 2.52. The van der Waals surface area contributed by atoms with Gasteiger partial charge in [0.05, 0.1) is 0 Å². The predicted octanol–water partition coefficient (Wildman–Crippen LogP) is 1.16. The standard InChI is InChI=1S/C10H11N2O2S2/c1-6(13)12-8(5-15)10(14)7-2-3-11-9(16)4-7/h2-3,8,15H,5H2,1H3,(H,11,16)(H,12,13)/t8-/m0/s1. The van der Waals surface area contributed by atoms with Crippen LogP contribution >= 0.6 is 24.8 Å². The van der Waals surface area contributed by atoms with Gasteiger partial charge in [0.15, 0.2) is 5.78 Å². The Morgan fingerprint density at radius 3 is 2.88 bits per heavy atom. The summed E-state index contributed by atoms with van der Waals surface area (Å²) in [6.45, 7) is 1.35. The first kappa shape index (κ1) is 12.9. The van der Waals surface area contributed by atoms with Crippen LogP contribution in [0, 0.1) is 10.7 Å². The van der Waals surface area contributed by atoms with Gasteiger partial charge in [-0.25, -0.2) is 0 Å². The zero-order valence-corrected chi connectivity index (χ0v) is 10.3. The zero-order valence-electron chi connectivity index (χ0n) is 8.61. The van der Waals surface area contributed by atoms with Gasteiger partial charge in [0.25, 0.3) is 0 Å². The molecule has 1 aromatic heterocycles. The lowest BCUT2D eigenvalue weighted by atomic mass is 10.1. The molecule has 0 aromatic carbocycles. The van der Waals surface area contributed by atoms with Crippen LogP contribution < -0.4 is 5.32 Å². The molecule has 0 aliphatic rings. The van der Waals surface area contributed by atoms with E-state index in [-0.39, 0.29) is 17.4 Å². The van der Waals surface area contributed by atoms with Crippen LogP contribution in [0.3, 0.4) is 0 Å². The molecule has 0 bridgehead atoms. The number of carbonyl (C=O) groups excluding carboxylic acids is 2. The van der Waals surface area contributed by atoms with E-state index in [0.717, 1.165) is 0 Å². The third-order valence-electron chi connectivity index (χ3n) is 1.85. The zero-order chi connectivity index (χ0) is 12.1. The highest BCUT2D eigenvalue weighted by atomic mass is 32.1. The molecule has 1 atom stereocenters. The van der Waals surface area contributed by atoms with Gasteiger partial charge in [-0.1, -0.05) is 12.2 Å². The average molecular weight is 255 g/mol. The topological polar surface area (TPSA) is 62.0 Å². The van der Waals surface area contributed by atoms with Crippen LogP contribution in [-0.2, 0) is 4.79 Å². The molecule has 0 saturated heterocycles. The molecule has 1 radical (unpaired) electrons. The molecule has 1 rings (SSSR count). The highest BCUT2D eigenvalue weighted by molar-refractivity contribution is 7.80. The first-order chi connectivity index (χ1) is 7.54. The molecule has 0 spiro atoms. The van der Waals surface area contributed by atoms with E-state index in [1.807, 2.05) is 0 Å². The number of ketones is 1. The molecule has 6 heteroatoms. The Morgan fingerprint density at radius 2 is 2.38 bits per heavy atom. The van der Waals surface area contributed by atoms with E-state index < -0.39 is 6.04 Å². The van der Waals surface area contributed by atoms with Gasteiger partial charge >= 0.3 is 0 Å². The summed E-state index contributed by atoms with van der Waals surface area (Å²) in [4.78, 5) is 25.5. The minimum absolute atomic E-state index is 0.234. The van der Waals surface area contributed by atoms with Crippen LogP contribution in [0.25, 0.3) is 0 Å². The van der Waals surface area contributed by atoms with Gasteiger partial charge in [-0.05, 0) is 6.07 Å². The van der Waals surface area contributed by atoms with Crippen molar-refractivity contribution >= 4 is 36.5 Å². The maximum absolute atomic E-state index is 11.9. The monoisotopic (exact) mass is 255 g/mol. The van der Waals surface area contributed by atoms with E-state index in [2.05, 4.69) is 29.0 Å².